The lowest BCUT2D eigenvalue weighted by atomic mass is 9.98. The fourth-order valence-electron chi connectivity index (χ4n) is 4.76. The van der Waals surface area contributed by atoms with Crippen LogP contribution in [0.15, 0.2) is 72.2 Å². The lowest BCUT2D eigenvalue weighted by molar-refractivity contribution is -0.125. The van der Waals surface area contributed by atoms with Crippen molar-refractivity contribution in [2.45, 2.75) is 18.8 Å². The maximum Gasteiger partial charge on any atom is 0.259 e. The molecule has 2 aliphatic heterocycles. The fourth-order valence-corrected chi connectivity index (χ4v) is 4.76. The largest absolute Gasteiger partial charge is 0.339 e. The van der Waals surface area contributed by atoms with Crippen LogP contribution in [0.2, 0.25) is 0 Å². The molecule has 2 aromatic heterocycles. The van der Waals surface area contributed by atoms with Gasteiger partial charge in [-0.2, -0.15) is 5.26 Å². The summed E-state index contributed by atoms with van der Waals surface area (Å²) in [7, 11) is 0. The Morgan fingerprint density at radius 2 is 2.14 bits per heavy atom. The maximum absolute atomic E-state index is 15.1. The van der Waals surface area contributed by atoms with Crippen molar-refractivity contribution in [2.24, 2.45) is 4.99 Å². The molecule has 8 nitrogen and oxygen atoms in total. The van der Waals surface area contributed by atoms with Crippen LogP contribution in [0.5, 0.6) is 0 Å². The van der Waals surface area contributed by atoms with Crippen molar-refractivity contribution in [3.63, 3.8) is 0 Å². The average molecular weight is 483 g/mol. The van der Waals surface area contributed by atoms with E-state index in [9.17, 15) is 9.59 Å². The van der Waals surface area contributed by atoms with Gasteiger partial charge in [0.25, 0.3) is 5.91 Å². The molecule has 2 aliphatic rings. The highest BCUT2D eigenvalue weighted by molar-refractivity contribution is 6.11. The van der Waals surface area contributed by atoms with E-state index >= 15 is 4.39 Å². The van der Waals surface area contributed by atoms with Gasteiger partial charge in [-0.3, -0.25) is 14.6 Å². The number of amidine groups is 1. The minimum Gasteiger partial charge on any atom is -0.339 e. The normalized spacial score (nSPS) is 17.3. The molecule has 0 spiro atoms. The van der Waals surface area contributed by atoms with E-state index in [4.69, 9.17) is 5.26 Å². The van der Waals surface area contributed by atoms with E-state index in [1.54, 1.807) is 23.5 Å². The van der Waals surface area contributed by atoms with Crippen LogP contribution in [0.25, 0.3) is 16.8 Å². The number of rotatable bonds is 4. The lowest BCUT2D eigenvalue weighted by Crippen LogP contribution is -2.31. The molecule has 36 heavy (non-hydrogen) atoms. The van der Waals surface area contributed by atoms with Gasteiger partial charge >= 0.3 is 0 Å². The summed E-state index contributed by atoms with van der Waals surface area (Å²) in [5.74, 6) is -1.00. The van der Waals surface area contributed by atoms with Crippen molar-refractivity contribution in [1.82, 2.24) is 19.6 Å². The fraction of sp³-hybridized carbons (Fsp3) is 0.222. The van der Waals surface area contributed by atoms with Crippen molar-refractivity contribution in [3.05, 3.63) is 84.1 Å². The molecule has 0 bridgehead atoms. The Labute approximate surface area is 207 Å². The number of carbonyl (C=O) groups excluding carboxylic acids is 2. The monoisotopic (exact) mass is 482 g/mol. The molecule has 4 heterocycles. The molecular formula is C27H23FN6O2. The third-order valence-electron chi connectivity index (χ3n) is 6.59. The number of aromatic nitrogens is 2. The molecule has 0 radical (unpaired) electrons. The highest BCUT2D eigenvalue weighted by Gasteiger charge is 2.29. The number of nitriles is 1. The zero-order valence-corrected chi connectivity index (χ0v) is 19.4. The lowest BCUT2D eigenvalue weighted by Gasteiger charge is -2.13. The molecule has 1 N–H and O–H groups in total. The first-order chi connectivity index (χ1) is 17.5. The van der Waals surface area contributed by atoms with Crippen molar-refractivity contribution in [3.8, 4) is 17.3 Å². The molecule has 5 rings (SSSR count). The molecule has 1 fully saturated rings. The van der Waals surface area contributed by atoms with E-state index in [0.29, 0.717) is 37.2 Å². The Kier molecular flexibility index (Phi) is 6.17. The minimum atomic E-state index is -0.671. The standard InChI is InChI=1S/C27H23FN6O2/c1-2-26(35)33-10-7-19(15-33)21-13-24(34-16-30-8-6-23(21)34)18-3-4-20(22(28)12-18)27(36)32-25-11-17(14-29)5-9-31-25/h2-4,6,8,11-13,16,19H,1,5,7,9-10,15H2,(H,31,32,36). The number of dihydropyridines is 1. The maximum atomic E-state index is 15.1. The summed E-state index contributed by atoms with van der Waals surface area (Å²) in [6, 6.07) is 10.4. The molecule has 1 saturated heterocycles. The van der Waals surface area contributed by atoms with Crippen LogP contribution in [-0.4, -0.2) is 51.6 Å². The molecule has 3 aromatic rings. The van der Waals surface area contributed by atoms with Gasteiger partial charge in [-0.25, -0.2) is 9.37 Å². The number of amides is 2. The molecule has 1 aromatic carbocycles. The summed E-state index contributed by atoms with van der Waals surface area (Å²) >= 11 is 0. The number of halogens is 1. The summed E-state index contributed by atoms with van der Waals surface area (Å²) in [4.78, 5) is 34.9. The molecule has 1 unspecified atom stereocenters. The number of benzene rings is 1. The zero-order valence-electron chi connectivity index (χ0n) is 19.4. The highest BCUT2D eigenvalue weighted by Crippen LogP contribution is 2.35. The van der Waals surface area contributed by atoms with Crippen LogP contribution in [-0.2, 0) is 4.79 Å². The first-order valence-electron chi connectivity index (χ1n) is 11.6. The summed E-state index contributed by atoms with van der Waals surface area (Å²) in [5.41, 5.74) is 3.73. The Balaban J connectivity index is 1.43. The second-order valence-electron chi connectivity index (χ2n) is 8.74. The van der Waals surface area contributed by atoms with Crippen LogP contribution < -0.4 is 5.32 Å². The van der Waals surface area contributed by atoms with Crippen LogP contribution in [0.1, 0.15) is 34.7 Å². The molecule has 1 atom stereocenters. The number of aliphatic imine (C=N–C) groups is 1. The summed E-state index contributed by atoms with van der Waals surface area (Å²) in [6.07, 6.45) is 7.55. The van der Waals surface area contributed by atoms with Crippen LogP contribution in [0.4, 0.5) is 4.39 Å². The first-order valence-corrected chi connectivity index (χ1v) is 11.6. The molecule has 2 amide bonds. The van der Waals surface area contributed by atoms with Crippen LogP contribution >= 0.6 is 0 Å². The first kappa shape index (κ1) is 23.2. The zero-order chi connectivity index (χ0) is 25.2. The minimum absolute atomic E-state index is 0.0858. The smallest absolute Gasteiger partial charge is 0.259 e. The highest BCUT2D eigenvalue weighted by atomic mass is 19.1. The van der Waals surface area contributed by atoms with Gasteiger partial charge in [0.15, 0.2) is 0 Å². The quantitative estimate of drug-likeness (QED) is 0.574. The van der Waals surface area contributed by atoms with E-state index in [1.165, 1.54) is 24.3 Å². The van der Waals surface area contributed by atoms with Gasteiger partial charge < -0.3 is 14.6 Å². The topological polar surface area (TPSA) is 103 Å². The van der Waals surface area contributed by atoms with E-state index in [2.05, 4.69) is 27.9 Å². The second kappa shape index (κ2) is 9.58. The number of fused-ring (bicyclic) bond motifs is 1. The Hall–Kier alpha value is -4.58. The van der Waals surface area contributed by atoms with Crippen molar-refractivity contribution in [2.75, 3.05) is 19.6 Å². The molecule has 0 aliphatic carbocycles. The summed E-state index contributed by atoms with van der Waals surface area (Å²) < 4.78 is 17.0. The van der Waals surface area contributed by atoms with Crippen molar-refractivity contribution in [1.29, 1.82) is 5.26 Å². The predicted octanol–water partition coefficient (Wildman–Crippen LogP) is 3.62. The van der Waals surface area contributed by atoms with E-state index in [1.807, 2.05) is 16.5 Å². The van der Waals surface area contributed by atoms with Crippen molar-refractivity contribution < 1.29 is 14.0 Å². The number of hydrogen-bond donors (Lipinski definition) is 1. The van der Waals surface area contributed by atoms with E-state index in [-0.39, 0.29) is 23.2 Å². The molecule has 0 saturated carbocycles. The Morgan fingerprint density at radius 1 is 1.28 bits per heavy atom. The molecule has 180 valence electrons. The molecule has 9 heteroatoms. The van der Waals surface area contributed by atoms with Crippen LogP contribution in [0, 0.1) is 17.1 Å². The number of carbonyl (C=O) groups is 2. The third-order valence-corrected chi connectivity index (χ3v) is 6.59. The van der Waals surface area contributed by atoms with Crippen LogP contribution in [0.3, 0.4) is 0 Å². The van der Waals surface area contributed by atoms with E-state index < -0.39 is 11.7 Å². The number of likely N-dealkylation sites (tertiary alicyclic amines) is 1. The SMILES string of the molecule is C=CC(=O)N1CCC(c2cc(-c3ccc(C(=O)NC4=NCCC(C#N)=C4)c(F)c3)n3cnccc23)C1. The van der Waals surface area contributed by atoms with Gasteiger partial charge in [0, 0.05) is 49.3 Å². The van der Waals surface area contributed by atoms with Gasteiger partial charge in [0.1, 0.15) is 11.7 Å². The van der Waals surface area contributed by atoms with Gasteiger partial charge in [0.05, 0.1) is 29.2 Å². The number of nitrogens with one attached hydrogen (secondary N) is 1. The Morgan fingerprint density at radius 3 is 2.92 bits per heavy atom. The number of hydrogen-bond acceptors (Lipinski definition) is 5. The van der Waals surface area contributed by atoms with Gasteiger partial charge in [-0.05, 0) is 48.4 Å². The molecular weight excluding hydrogens is 459 g/mol. The number of nitrogens with zero attached hydrogens (tertiary/aromatic N) is 5. The Bertz CT molecular complexity index is 1500. The second-order valence-corrected chi connectivity index (χ2v) is 8.74. The van der Waals surface area contributed by atoms with Gasteiger partial charge in [-0.15, -0.1) is 0 Å². The predicted molar refractivity (Wildman–Crippen MR) is 133 cm³/mol. The van der Waals surface area contributed by atoms with E-state index in [0.717, 1.165) is 23.2 Å². The van der Waals surface area contributed by atoms with Crippen molar-refractivity contribution >= 4 is 23.2 Å². The average Bonchev–Trinajstić information content (AvgIpc) is 3.53. The summed E-state index contributed by atoms with van der Waals surface area (Å²) in [6.45, 7) is 5.22. The summed E-state index contributed by atoms with van der Waals surface area (Å²) in [5, 5.41) is 11.6. The van der Waals surface area contributed by atoms with Gasteiger partial charge in [0.2, 0.25) is 5.91 Å². The van der Waals surface area contributed by atoms with Gasteiger partial charge in [-0.1, -0.05) is 12.6 Å². The third kappa shape index (κ3) is 4.29.